The van der Waals surface area contributed by atoms with Crippen molar-refractivity contribution in [2.45, 2.75) is 12.5 Å². The summed E-state index contributed by atoms with van der Waals surface area (Å²) in [5.41, 5.74) is 14.8. The van der Waals surface area contributed by atoms with E-state index in [1.807, 2.05) is 24.3 Å². The quantitative estimate of drug-likeness (QED) is 0.629. The van der Waals surface area contributed by atoms with Crippen LogP contribution in [0.15, 0.2) is 36.7 Å². The molecule has 1 unspecified atom stereocenters. The maximum Gasteiger partial charge on any atom is 0.257 e. The predicted octanol–water partition coefficient (Wildman–Crippen LogP) is 1.13. The molecule has 136 valence electrons. The van der Waals surface area contributed by atoms with Crippen LogP contribution < -0.4 is 21.5 Å². The number of aromatic nitrogens is 4. The lowest BCUT2D eigenvalue weighted by Crippen LogP contribution is -2.36. The molecule has 27 heavy (non-hydrogen) atoms. The average molecular weight is 363 g/mol. The van der Waals surface area contributed by atoms with Gasteiger partial charge < -0.3 is 21.5 Å². The van der Waals surface area contributed by atoms with Crippen LogP contribution in [-0.4, -0.2) is 33.0 Å². The lowest BCUT2D eigenvalue weighted by Gasteiger charge is -2.26. The number of anilines is 2. The molecule has 1 aromatic carbocycles. The van der Waals surface area contributed by atoms with Crippen LogP contribution in [0.3, 0.4) is 0 Å². The molecule has 1 atom stereocenters. The van der Waals surface area contributed by atoms with Crippen molar-refractivity contribution >= 4 is 17.7 Å². The van der Waals surface area contributed by atoms with Crippen molar-refractivity contribution in [2.75, 3.05) is 18.6 Å². The summed E-state index contributed by atoms with van der Waals surface area (Å²) in [6.45, 7) is 0. The van der Waals surface area contributed by atoms with Crippen LogP contribution in [0.25, 0.3) is 11.3 Å². The van der Waals surface area contributed by atoms with Gasteiger partial charge in [-0.2, -0.15) is 0 Å². The summed E-state index contributed by atoms with van der Waals surface area (Å²) in [7, 11) is 1.48. The molecule has 9 heteroatoms. The van der Waals surface area contributed by atoms with E-state index >= 15 is 0 Å². The minimum absolute atomic E-state index is 0.143. The zero-order valence-corrected chi connectivity index (χ0v) is 14.5. The highest BCUT2D eigenvalue weighted by Gasteiger charge is 2.29. The second kappa shape index (κ2) is 6.52. The Morgan fingerprint density at radius 3 is 2.74 bits per heavy atom. The van der Waals surface area contributed by atoms with Gasteiger partial charge in [0.1, 0.15) is 0 Å². The molecule has 1 aliphatic heterocycles. The van der Waals surface area contributed by atoms with E-state index in [1.54, 1.807) is 6.20 Å². The first-order valence-electron chi connectivity index (χ1n) is 8.25. The summed E-state index contributed by atoms with van der Waals surface area (Å²) in [5.74, 6) is 0.369. The molecule has 0 radical (unpaired) electrons. The highest BCUT2D eigenvalue weighted by molar-refractivity contribution is 5.96. The number of methoxy groups -OCH3 is 1. The minimum Gasteiger partial charge on any atom is -0.478 e. The number of amides is 1. The number of ether oxygens (including phenoxy) is 1. The average Bonchev–Trinajstić information content (AvgIpc) is 2.68. The van der Waals surface area contributed by atoms with Gasteiger partial charge in [-0.15, -0.1) is 0 Å². The molecule has 0 spiro atoms. The van der Waals surface area contributed by atoms with Crippen LogP contribution in [0.5, 0.6) is 5.88 Å². The Kier molecular flexibility index (Phi) is 4.03. The number of hydrogen-bond acceptors (Lipinski definition) is 8. The van der Waals surface area contributed by atoms with Gasteiger partial charge in [0.05, 0.1) is 36.3 Å². The predicted molar refractivity (Wildman–Crippen MR) is 98.8 cm³/mol. The standard InChI is InChI=1S/C18H17N7O2/c1-27-17-15(19)21-8-14(24-17)10-5-3-2-4-9(10)12-6-13-11(16(26)23-12)7-22-18(20)25-13/h2-5,7-8,12H,6H2,1H3,(H2,19,21)(H,23,26)(H2,20,22,25). The molecule has 0 aliphatic carbocycles. The van der Waals surface area contributed by atoms with Crippen molar-refractivity contribution in [2.24, 2.45) is 0 Å². The molecule has 2 aromatic heterocycles. The normalized spacial score (nSPS) is 15.7. The number of rotatable bonds is 3. The summed E-state index contributed by atoms with van der Waals surface area (Å²) < 4.78 is 5.17. The van der Waals surface area contributed by atoms with Crippen LogP contribution in [-0.2, 0) is 6.42 Å². The molecular weight excluding hydrogens is 346 g/mol. The Hall–Kier alpha value is -3.75. The maximum absolute atomic E-state index is 12.5. The molecule has 0 saturated heterocycles. The van der Waals surface area contributed by atoms with Crippen LogP contribution >= 0.6 is 0 Å². The van der Waals surface area contributed by atoms with Crippen molar-refractivity contribution < 1.29 is 9.53 Å². The zero-order chi connectivity index (χ0) is 19.0. The highest BCUT2D eigenvalue weighted by atomic mass is 16.5. The summed E-state index contributed by atoms with van der Waals surface area (Å²) in [5, 5.41) is 2.99. The van der Waals surface area contributed by atoms with E-state index in [9.17, 15) is 4.79 Å². The van der Waals surface area contributed by atoms with E-state index in [-0.39, 0.29) is 29.6 Å². The lowest BCUT2D eigenvalue weighted by atomic mass is 9.91. The van der Waals surface area contributed by atoms with E-state index < -0.39 is 0 Å². The first-order valence-corrected chi connectivity index (χ1v) is 8.25. The molecule has 1 aliphatic rings. The Morgan fingerprint density at radius 1 is 1.11 bits per heavy atom. The zero-order valence-electron chi connectivity index (χ0n) is 14.5. The Labute approximate surface area is 154 Å². The number of nitrogen functional groups attached to an aromatic ring is 2. The molecule has 0 fully saturated rings. The van der Waals surface area contributed by atoms with Crippen molar-refractivity contribution in [1.82, 2.24) is 25.3 Å². The lowest BCUT2D eigenvalue weighted by molar-refractivity contribution is 0.0923. The monoisotopic (exact) mass is 363 g/mol. The van der Waals surface area contributed by atoms with E-state index in [4.69, 9.17) is 16.2 Å². The molecule has 0 saturated carbocycles. The number of hydrogen-bond donors (Lipinski definition) is 3. The van der Waals surface area contributed by atoms with Crippen molar-refractivity contribution in [3.8, 4) is 17.1 Å². The Bertz CT molecular complexity index is 1040. The Balaban J connectivity index is 1.77. The largest absolute Gasteiger partial charge is 0.478 e. The van der Waals surface area contributed by atoms with Crippen LogP contribution in [0.2, 0.25) is 0 Å². The second-order valence-corrected chi connectivity index (χ2v) is 6.06. The van der Waals surface area contributed by atoms with Gasteiger partial charge in [-0.05, 0) is 5.56 Å². The van der Waals surface area contributed by atoms with Crippen molar-refractivity contribution in [3.63, 3.8) is 0 Å². The molecule has 1 amide bonds. The van der Waals surface area contributed by atoms with Gasteiger partial charge in [0.2, 0.25) is 5.95 Å². The fraction of sp³-hybridized carbons (Fsp3) is 0.167. The van der Waals surface area contributed by atoms with Gasteiger partial charge in [-0.25, -0.2) is 19.9 Å². The molecule has 0 bridgehead atoms. The number of nitrogens with zero attached hydrogens (tertiary/aromatic N) is 4. The third kappa shape index (κ3) is 2.99. The third-order valence-electron chi connectivity index (χ3n) is 4.41. The number of benzene rings is 1. The smallest absolute Gasteiger partial charge is 0.257 e. The van der Waals surface area contributed by atoms with Crippen LogP contribution in [0.1, 0.15) is 27.7 Å². The van der Waals surface area contributed by atoms with Crippen LogP contribution in [0.4, 0.5) is 11.8 Å². The first-order chi connectivity index (χ1) is 13.1. The molecule has 3 aromatic rings. The number of nitrogens with two attached hydrogens (primary N) is 2. The van der Waals surface area contributed by atoms with E-state index in [2.05, 4.69) is 25.3 Å². The summed E-state index contributed by atoms with van der Waals surface area (Å²) >= 11 is 0. The molecular formula is C18H17N7O2. The summed E-state index contributed by atoms with van der Waals surface area (Å²) in [6, 6.07) is 7.34. The number of nitrogens with one attached hydrogen (secondary N) is 1. The third-order valence-corrected chi connectivity index (χ3v) is 4.41. The fourth-order valence-electron chi connectivity index (χ4n) is 3.14. The second-order valence-electron chi connectivity index (χ2n) is 6.06. The van der Waals surface area contributed by atoms with Crippen molar-refractivity contribution in [1.29, 1.82) is 0 Å². The number of carbonyl (C=O) groups is 1. The molecule has 9 nitrogen and oxygen atoms in total. The van der Waals surface area contributed by atoms with Crippen LogP contribution in [0, 0.1) is 0 Å². The fourth-order valence-corrected chi connectivity index (χ4v) is 3.14. The van der Waals surface area contributed by atoms with Gasteiger partial charge in [-0.1, -0.05) is 24.3 Å². The summed E-state index contributed by atoms with van der Waals surface area (Å²) in [4.78, 5) is 29.2. The maximum atomic E-state index is 12.5. The number of fused-ring (bicyclic) bond motifs is 1. The minimum atomic E-state index is -0.291. The first kappa shape index (κ1) is 16.7. The highest BCUT2D eigenvalue weighted by Crippen LogP contribution is 2.32. The topological polar surface area (TPSA) is 142 Å². The van der Waals surface area contributed by atoms with E-state index in [0.717, 1.165) is 11.1 Å². The number of carbonyl (C=O) groups excluding carboxylic acids is 1. The SMILES string of the molecule is COc1nc(-c2ccccc2C2Cc3nc(N)ncc3C(=O)N2)cnc1N. The molecule has 3 heterocycles. The van der Waals surface area contributed by atoms with Gasteiger partial charge in [0.25, 0.3) is 11.8 Å². The van der Waals surface area contributed by atoms with Gasteiger partial charge in [-0.3, -0.25) is 4.79 Å². The Morgan fingerprint density at radius 2 is 1.93 bits per heavy atom. The molecule has 4 rings (SSSR count). The van der Waals surface area contributed by atoms with E-state index in [0.29, 0.717) is 23.4 Å². The summed E-state index contributed by atoms with van der Waals surface area (Å²) in [6.07, 6.45) is 3.52. The van der Waals surface area contributed by atoms with Gasteiger partial charge in [0.15, 0.2) is 5.82 Å². The van der Waals surface area contributed by atoms with Gasteiger partial charge >= 0.3 is 0 Å². The van der Waals surface area contributed by atoms with Gasteiger partial charge in [0, 0.05) is 18.2 Å². The van der Waals surface area contributed by atoms with E-state index in [1.165, 1.54) is 13.3 Å². The molecule has 5 N–H and O–H groups in total. The van der Waals surface area contributed by atoms with Crippen molar-refractivity contribution in [3.05, 3.63) is 53.5 Å².